The van der Waals surface area contributed by atoms with Gasteiger partial charge in [0.2, 0.25) is 6.79 Å². The highest BCUT2D eigenvalue weighted by molar-refractivity contribution is 7.11. The van der Waals surface area contributed by atoms with Crippen LogP contribution in [0.5, 0.6) is 11.5 Å². The molecule has 4 heterocycles. The number of ether oxygens (including phenoxy) is 3. The smallest absolute Gasteiger partial charge is 0.231 e. The molecule has 0 amide bonds. The van der Waals surface area contributed by atoms with E-state index in [1.54, 1.807) is 7.11 Å². The van der Waals surface area contributed by atoms with Crippen LogP contribution >= 0.6 is 22.7 Å². The Bertz CT molecular complexity index is 1140. The summed E-state index contributed by atoms with van der Waals surface area (Å²) in [7, 11) is 1.70. The molecule has 1 aromatic carbocycles. The molecule has 0 radical (unpaired) electrons. The Morgan fingerprint density at radius 2 is 1.73 bits per heavy atom. The second-order valence-electron chi connectivity index (χ2n) is 7.82. The average Bonchev–Trinajstić information content (AvgIpc) is 3.64. The Kier molecular flexibility index (Phi) is 6.52. The Balaban J connectivity index is 1.38. The first-order valence-corrected chi connectivity index (χ1v) is 12.4. The topological polar surface area (TPSA) is 64.3 Å². The van der Waals surface area contributed by atoms with Crippen LogP contribution in [0.15, 0.2) is 69.8 Å². The molecular formula is C25H25NO5S2. The third kappa shape index (κ3) is 4.58. The van der Waals surface area contributed by atoms with Crippen molar-refractivity contribution >= 4 is 22.7 Å². The number of hydrogen-bond acceptors (Lipinski definition) is 8. The summed E-state index contributed by atoms with van der Waals surface area (Å²) in [6, 6.07) is 17.6. The molecule has 0 spiro atoms. The molecule has 0 aliphatic carbocycles. The van der Waals surface area contributed by atoms with E-state index in [2.05, 4.69) is 4.90 Å². The van der Waals surface area contributed by atoms with Gasteiger partial charge in [0, 0.05) is 30.0 Å². The zero-order valence-electron chi connectivity index (χ0n) is 18.2. The Hall–Kier alpha value is -2.62. The van der Waals surface area contributed by atoms with Crippen molar-refractivity contribution in [3.63, 3.8) is 0 Å². The first-order chi connectivity index (χ1) is 16.2. The van der Waals surface area contributed by atoms with E-state index < -0.39 is 5.60 Å². The minimum Gasteiger partial charge on any atom is -0.461 e. The van der Waals surface area contributed by atoms with Gasteiger partial charge in [-0.05, 0) is 52.7 Å². The quantitative estimate of drug-likeness (QED) is 0.340. The van der Waals surface area contributed by atoms with Crippen molar-refractivity contribution in [3.05, 3.63) is 92.2 Å². The van der Waals surface area contributed by atoms with Crippen molar-refractivity contribution in [1.82, 2.24) is 4.90 Å². The third-order valence-electron chi connectivity index (χ3n) is 5.61. The number of aliphatic hydroxyl groups is 1. The van der Waals surface area contributed by atoms with E-state index in [-0.39, 0.29) is 6.79 Å². The van der Waals surface area contributed by atoms with Crippen LogP contribution in [0.2, 0.25) is 0 Å². The fraction of sp³-hybridized carbons (Fsp3) is 0.280. The number of hydrogen-bond donors (Lipinski definition) is 1. The number of thiophene rings is 2. The molecule has 0 saturated heterocycles. The largest absolute Gasteiger partial charge is 0.461 e. The number of furan rings is 1. The average molecular weight is 484 g/mol. The Morgan fingerprint density at radius 1 is 0.970 bits per heavy atom. The van der Waals surface area contributed by atoms with Gasteiger partial charge < -0.3 is 23.7 Å². The highest BCUT2D eigenvalue weighted by Crippen LogP contribution is 2.42. The van der Waals surface area contributed by atoms with Crippen molar-refractivity contribution in [3.8, 4) is 11.5 Å². The summed E-state index contributed by atoms with van der Waals surface area (Å²) in [5.74, 6) is 2.86. The number of fused-ring (bicyclic) bond motifs is 1. The number of nitrogens with zero attached hydrogens (tertiary/aromatic N) is 1. The number of methoxy groups -OCH3 is 1. The lowest BCUT2D eigenvalue weighted by Crippen LogP contribution is -2.27. The fourth-order valence-corrected chi connectivity index (χ4v) is 5.69. The maximum atomic E-state index is 11.8. The molecular weight excluding hydrogens is 458 g/mol. The molecule has 1 aliphatic rings. The predicted octanol–water partition coefficient (Wildman–Crippen LogP) is 5.06. The first-order valence-electron chi connectivity index (χ1n) is 10.7. The Morgan fingerprint density at radius 3 is 2.42 bits per heavy atom. The molecule has 0 fully saturated rings. The molecule has 5 rings (SSSR count). The van der Waals surface area contributed by atoms with Crippen LogP contribution in [0, 0.1) is 0 Å². The number of benzene rings is 1. The molecule has 1 N–H and O–H groups in total. The van der Waals surface area contributed by atoms with Crippen LogP contribution in [0.3, 0.4) is 0 Å². The van der Waals surface area contributed by atoms with Crippen molar-refractivity contribution < 1.29 is 23.7 Å². The van der Waals surface area contributed by atoms with Crippen molar-refractivity contribution in [2.45, 2.75) is 18.7 Å². The molecule has 0 unspecified atom stereocenters. The van der Waals surface area contributed by atoms with E-state index in [0.29, 0.717) is 25.5 Å². The van der Waals surface area contributed by atoms with Crippen LogP contribution in [-0.4, -0.2) is 37.1 Å². The predicted molar refractivity (Wildman–Crippen MR) is 128 cm³/mol. The van der Waals surface area contributed by atoms with E-state index in [0.717, 1.165) is 39.1 Å². The van der Waals surface area contributed by atoms with E-state index in [1.165, 1.54) is 22.7 Å². The zero-order chi connectivity index (χ0) is 22.7. The normalized spacial score (nSPS) is 13.2. The van der Waals surface area contributed by atoms with E-state index in [9.17, 15) is 5.11 Å². The molecule has 0 saturated carbocycles. The summed E-state index contributed by atoms with van der Waals surface area (Å²) in [4.78, 5) is 3.92. The van der Waals surface area contributed by atoms with Crippen LogP contribution in [-0.2, 0) is 23.4 Å². The summed E-state index contributed by atoms with van der Waals surface area (Å²) < 4.78 is 22.5. The molecule has 172 valence electrons. The summed E-state index contributed by atoms with van der Waals surface area (Å²) in [6.07, 6.45) is 0. The maximum Gasteiger partial charge on any atom is 0.231 e. The molecule has 33 heavy (non-hydrogen) atoms. The standard InChI is InChI=1S/C25H25NO5S2/c1-28-11-10-26(15-18-6-8-20-21(14-18)30-17-29-20)16-19-7-9-22(31-19)25(27,23-4-2-12-32-23)24-5-3-13-33-24/h2-9,12-14,27H,10-11,15-17H2,1H3. The maximum absolute atomic E-state index is 11.8. The highest BCUT2D eigenvalue weighted by atomic mass is 32.1. The monoisotopic (exact) mass is 483 g/mol. The molecule has 4 aromatic rings. The van der Waals surface area contributed by atoms with Gasteiger partial charge in [-0.1, -0.05) is 18.2 Å². The molecule has 1 aliphatic heterocycles. The highest BCUT2D eigenvalue weighted by Gasteiger charge is 2.39. The van der Waals surface area contributed by atoms with Crippen molar-refractivity contribution in [2.75, 3.05) is 27.1 Å². The lowest BCUT2D eigenvalue weighted by atomic mass is 9.97. The van der Waals surface area contributed by atoms with Gasteiger partial charge in [-0.3, -0.25) is 4.90 Å². The summed E-state index contributed by atoms with van der Waals surface area (Å²) in [6.45, 7) is 2.89. The van der Waals surface area contributed by atoms with E-state index in [4.69, 9.17) is 18.6 Å². The van der Waals surface area contributed by atoms with E-state index in [1.807, 2.05) is 65.4 Å². The van der Waals surface area contributed by atoms with Crippen LogP contribution in [0.25, 0.3) is 0 Å². The van der Waals surface area contributed by atoms with Gasteiger partial charge in [-0.15, -0.1) is 22.7 Å². The summed E-state index contributed by atoms with van der Waals surface area (Å²) in [5.41, 5.74) is -0.175. The number of rotatable bonds is 10. The van der Waals surface area contributed by atoms with Gasteiger partial charge in [0.15, 0.2) is 17.1 Å². The molecule has 6 nitrogen and oxygen atoms in total. The minimum atomic E-state index is -1.30. The van der Waals surface area contributed by atoms with Crippen LogP contribution < -0.4 is 9.47 Å². The van der Waals surface area contributed by atoms with Crippen LogP contribution in [0.1, 0.15) is 26.8 Å². The van der Waals surface area contributed by atoms with Crippen molar-refractivity contribution in [2.24, 2.45) is 0 Å². The van der Waals surface area contributed by atoms with E-state index >= 15 is 0 Å². The third-order valence-corrected chi connectivity index (χ3v) is 7.57. The second kappa shape index (κ2) is 9.70. The lowest BCUT2D eigenvalue weighted by Gasteiger charge is -2.24. The summed E-state index contributed by atoms with van der Waals surface area (Å²) in [5, 5.41) is 15.7. The van der Waals surface area contributed by atoms with Crippen molar-refractivity contribution in [1.29, 1.82) is 0 Å². The first kappa shape index (κ1) is 22.2. The minimum absolute atomic E-state index is 0.263. The molecule has 0 atom stereocenters. The van der Waals surface area contributed by atoms with Gasteiger partial charge in [-0.25, -0.2) is 0 Å². The summed E-state index contributed by atoms with van der Waals surface area (Å²) >= 11 is 3.03. The van der Waals surface area contributed by atoms with Gasteiger partial charge in [-0.2, -0.15) is 0 Å². The van der Waals surface area contributed by atoms with Gasteiger partial charge in [0.1, 0.15) is 11.5 Å². The Labute approximate surface area is 200 Å². The van der Waals surface area contributed by atoms with Gasteiger partial charge in [0.05, 0.1) is 13.2 Å². The van der Waals surface area contributed by atoms with Crippen LogP contribution in [0.4, 0.5) is 0 Å². The molecule has 8 heteroatoms. The zero-order valence-corrected chi connectivity index (χ0v) is 19.9. The SMILES string of the molecule is COCCN(Cc1ccc2c(c1)OCO2)Cc1ccc(C(O)(c2cccs2)c2cccs2)o1. The molecule has 3 aromatic heterocycles. The fourth-order valence-electron chi connectivity index (χ4n) is 3.94. The van der Waals surface area contributed by atoms with Gasteiger partial charge in [0.25, 0.3) is 0 Å². The lowest BCUT2D eigenvalue weighted by molar-refractivity contribution is 0.0997. The molecule has 0 bridgehead atoms. The van der Waals surface area contributed by atoms with Gasteiger partial charge >= 0.3 is 0 Å². The second-order valence-corrected chi connectivity index (χ2v) is 9.72.